The molecule has 0 aromatic carbocycles. The lowest BCUT2D eigenvalue weighted by Crippen LogP contribution is -2.06. The van der Waals surface area contributed by atoms with Gasteiger partial charge < -0.3 is 5.32 Å². The molecule has 0 spiro atoms. The van der Waals surface area contributed by atoms with Gasteiger partial charge in [-0.2, -0.15) is 0 Å². The molecular formula is C14H19N5. The lowest BCUT2D eigenvalue weighted by atomic mass is 10.2. The maximum Gasteiger partial charge on any atom is 0.182 e. The Bertz CT molecular complexity index is 512. The minimum absolute atomic E-state index is 0.637. The van der Waals surface area contributed by atoms with Gasteiger partial charge in [0.15, 0.2) is 5.82 Å². The molecule has 0 saturated carbocycles. The van der Waals surface area contributed by atoms with E-state index in [9.17, 15) is 0 Å². The molecule has 0 aliphatic heterocycles. The Morgan fingerprint density at radius 3 is 2.68 bits per heavy atom. The Labute approximate surface area is 113 Å². The highest BCUT2D eigenvalue weighted by atomic mass is 15.0. The third-order valence-electron chi connectivity index (χ3n) is 2.63. The zero-order valence-electron chi connectivity index (χ0n) is 11.4. The first-order chi connectivity index (χ1) is 9.33. The summed E-state index contributed by atoms with van der Waals surface area (Å²) in [6, 6.07) is 2.01. The monoisotopic (exact) mass is 257 g/mol. The highest BCUT2D eigenvalue weighted by Gasteiger charge is 2.07. The summed E-state index contributed by atoms with van der Waals surface area (Å²) in [7, 11) is 0. The second-order valence-corrected chi connectivity index (χ2v) is 4.34. The molecule has 100 valence electrons. The zero-order valence-corrected chi connectivity index (χ0v) is 11.4. The van der Waals surface area contributed by atoms with E-state index >= 15 is 0 Å². The van der Waals surface area contributed by atoms with E-state index < -0.39 is 0 Å². The molecule has 1 N–H and O–H groups in total. The molecule has 0 unspecified atom stereocenters. The van der Waals surface area contributed by atoms with Gasteiger partial charge in [0.05, 0.1) is 6.20 Å². The summed E-state index contributed by atoms with van der Waals surface area (Å²) in [4.78, 5) is 17.4. The molecule has 19 heavy (non-hydrogen) atoms. The fourth-order valence-corrected chi connectivity index (χ4v) is 1.75. The van der Waals surface area contributed by atoms with Crippen LogP contribution in [-0.4, -0.2) is 26.5 Å². The second kappa shape index (κ2) is 6.78. The van der Waals surface area contributed by atoms with E-state index in [0.717, 1.165) is 37.3 Å². The van der Waals surface area contributed by atoms with Gasteiger partial charge in [0.2, 0.25) is 0 Å². The van der Waals surface area contributed by atoms with Gasteiger partial charge in [-0.05, 0) is 12.8 Å². The number of nitrogens with one attached hydrogen (secondary N) is 1. The summed E-state index contributed by atoms with van der Waals surface area (Å²) in [5.74, 6) is 1.50. The number of aromatic nitrogens is 4. The van der Waals surface area contributed by atoms with Crippen molar-refractivity contribution in [3.05, 3.63) is 30.4 Å². The normalized spacial score (nSPS) is 10.4. The van der Waals surface area contributed by atoms with Crippen LogP contribution < -0.4 is 5.32 Å². The molecule has 0 atom stereocenters. The Kier molecular flexibility index (Phi) is 4.78. The molecule has 0 aliphatic carbocycles. The molecule has 0 radical (unpaired) electrons. The first-order valence-electron chi connectivity index (χ1n) is 6.71. The molecule has 0 fully saturated rings. The highest BCUT2D eigenvalue weighted by molar-refractivity contribution is 5.51. The number of rotatable bonds is 6. The fraction of sp³-hybridized carbons (Fsp3) is 0.429. The van der Waals surface area contributed by atoms with Crippen molar-refractivity contribution in [2.45, 2.75) is 33.1 Å². The van der Waals surface area contributed by atoms with Crippen molar-refractivity contribution < 1.29 is 0 Å². The van der Waals surface area contributed by atoms with Gasteiger partial charge in [-0.15, -0.1) is 0 Å². The van der Waals surface area contributed by atoms with Gasteiger partial charge in [0.1, 0.15) is 11.5 Å². The van der Waals surface area contributed by atoms with Crippen LogP contribution in [0.25, 0.3) is 11.5 Å². The van der Waals surface area contributed by atoms with Crippen molar-refractivity contribution in [3.8, 4) is 11.5 Å². The van der Waals surface area contributed by atoms with Crippen LogP contribution in [0.15, 0.2) is 24.7 Å². The summed E-state index contributed by atoms with van der Waals surface area (Å²) in [6.07, 6.45) is 8.06. The van der Waals surface area contributed by atoms with Gasteiger partial charge in [-0.25, -0.2) is 15.0 Å². The SMILES string of the molecule is CCCNc1cc(CCC)nc(-c2cnccn2)n1. The topological polar surface area (TPSA) is 63.6 Å². The first-order valence-corrected chi connectivity index (χ1v) is 6.71. The van der Waals surface area contributed by atoms with Gasteiger partial charge in [-0.1, -0.05) is 20.3 Å². The van der Waals surface area contributed by atoms with E-state index in [1.165, 1.54) is 0 Å². The smallest absolute Gasteiger partial charge is 0.182 e. The predicted molar refractivity (Wildman–Crippen MR) is 75.8 cm³/mol. The van der Waals surface area contributed by atoms with Crippen LogP contribution >= 0.6 is 0 Å². The molecule has 0 amide bonds. The van der Waals surface area contributed by atoms with Gasteiger partial charge in [0.25, 0.3) is 0 Å². The number of aryl methyl sites for hydroxylation is 1. The largest absolute Gasteiger partial charge is 0.370 e. The van der Waals surface area contributed by atoms with Crippen LogP contribution in [0.2, 0.25) is 0 Å². The molecule has 2 heterocycles. The minimum Gasteiger partial charge on any atom is -0.370 e. The molecule has 2 aromatic rings. The van der Waals surface area contributed by atoms with Crippen molar-refractivity contribution in [3.63, 3.8) is 0 Å². The summed E-state index contributed by atoms with van der Waals surface area (Å²) < 4.78 is 0. The molecular weight excluding hydrogens is 238 g/mol. The fourth-order valence-electron chi connectivity index (χ4n) is 1.75. The second-order valence-electron chi connectivity index (χ2n) is 4.34. The molecule has 0 bridgehead atoms. The average Bonchev–Trinajstić information content (AvgIpc) is 2.46. The van der Waals surface area contributed by atoms with Crippen LogP contribution in [0, 0.1) is 0 Å². The standard InChI is InChI=1S/C14H19N5/c1-3-5-11-9-13(17-6-4-2)19-14(18-11)12-10-15-7-8-16-12/h7-10H,3-6H2,1-2H3,(H,17,18,19). The number of hydrogen-bond donors (Lipinski definition) is 1. The third-order valence-corrected chi connectivity index (χ3v) is 2.63. The van der Waals surface area contributed by atoms with E-state index in [2.05, 4.69) is 39.1 Å². The molecule has 2 aromatic heterocycles. The first kappa shape index (κ1) is 13.4. The van der Waals surface area contributed by atoms with Crippen molar-refractivity contribution >= 4 is 5.82 Å². The molecule has 5 nitrogen and oxygen atoms in total. The Hall–Kier alpha value is -2.04. The van der Waals surface area contributed by atoms with Crippen molar-refractivity contribution in [1.82, 2.24) is 19.9 Å². The Morgan fingerprint density at radius 2 is 2.00 bits per heavy atom. The number of nitrogens with zero attached hydrogens (tertiary/aromatic N) is 4. The maximum atomic E-state index is 4.55. The Balaban J connectivity index is 2.33. The van der Waals surface area contributed by atoms with Crippen LogP contribution in [0.4, 0.5) is 5.82 Å². The van der Waals surface area contributed by atoms with Crippen LogP contribution in [0.5, 0.6) is 0 Å². The predicted octanol–water partition coefficient (Wildman–Crippen LogP) is 2.71. The van der Waals surface area contributed by atoms with Crippen molar-refractivity contribution in [2.75, 3.05) is 11.9 Å². The summed E-state index contributed by atoms with van der Waals surface area (Å²) >= 11 is 0. The molecule has 0 aliphatic rings. The van der Waals surface area contributed by atoms with E-state index in [1.807, 2.05) is 6.07 Å². The summed E-state index contributed by atoms with van der Waals surface area (Å²) in [6.45, 7) is 5.18. The van der Waals surface area contributed by atoms with Gasteiger partial charge >= 0.3 is 0 Å². The third kappa shape index (κ3) is 3.71. The van der Waals surface area contributed by atoms with Crippen LogP contribution in [0.1, 0.15) is 32.4 Å². The minimum atomic E-state index is 0.637. The summed E-state index contributed by atoms with van der Waals surface area (Å²) in [5, 5.41) is 3.30. The quantitative estimate of drug-likeness (QED) is 0.862. The van der Waals surface area contributed by atoms with Gasteiger partial charge in [0, 0.05) is 30.7 Å². The zero-order chi connectivity index (χ0) is 13.5. The van der Waals surface area contributed by atoms with Crippen molar-refractivity contribution in [2.24, 2.45) is 0 Å². The Morgan fingerprint density at radius 1 is 1.11 bits per heavy atom. The molecule has 5 heteroatoms. The van der Waals surface area contributed by atoms with E-state index in [1.54, 1.807) is 18.6 Å². The van der Waals surface area contributed by atoms with Crippen LogP contribution in [-0.2, 0) is 6.42 Å². The number of hydrogen-bond acceptors (Lipinski definition) is 5. The lowest BCUT2D eigenvalue weighted by molar-refractivity contribution is 0.870. The highest BCUT2D eigenvalue weighted by Crippen LogP contribution is 2.16. The number of anilines is 1. The molecule has 2 rings (SSSR count). The van der Waals surface area contributed by atoms with Crippen molar-refractivity contribution in [1.29, 1.82) is 0 Å². The lowest BCUT2D eigenvalue weighted by Gasteiger charge is -2.08. The van der Waals surface area contributed by atoms with E-state index in [-0.39, 0.29) is 0 Å². The molecule has 0 saturated heterocycles. The van der Waals surface area contributed by atoms with Gasteiger partial charge in [-0.3, -0.25) is 4.98 Å². The van der Waals surface area contributed by atoms with Crippen LogP contribution in [0.3, 0.4) is 0 Å². The maximum absolute atomic E-state index is 4.55. The van der Waals surface area contributed by atoms with E-state index in [4.69, 9.17) is 0 Å². The average molecular weight is 257 g/mol. The van der Waals surface area contributed by atoms with E-state index in [0.29, 0.717) is 11.5 Å². The summed E-state index contributed by atoms with van der Waals surface area (Å²) in [5.41, 5.74) is 1.75.